The number of nitrogens with two attached hydrogens (primary N) is 1. The van der Waals surface area contributed by atoms with E-state index < -0.39 is 11.5 Å². The first-order chi connectivity index (χ1) is 18.7. The lowest BCUT2D eigenvalue weighted by molar-refractivity contribution is 0.0568. The first kappa shape index (κ1) is 28.9. The van der Waals surface area contributed by atoms with Crippen LogP contribution in [-0.4, -0.2) is 70.2 Å². The summed E-state index contributed by atoms with van der Waals surface area (Å²) in [4.78, 5) is 25.6. The normalized spacial score (nSPS) is 19.2. The zero-order valence-corrected chi connectivity index (χ0v) is 23.2. The fraction of sp³-hybridized carbons (Fsp3) is 0.567. The summed E-state index contributed by atoms with van der Waals surface area (Å²) in [7, 11) is 0. The molecule has 2 aliphatic heterocycles. The average Bonchev–Trinajstić information content (AvgIpc) is 2.96. The second-order valence-corrected chi connectivity index (χ2v) is 10.9. The molecule has 0 radical (unpaired) electrons. The number of ether oxygens (including phenoxy) is 1. The summed E-state index contributed by atoms with van der Waals surface area (Å²) in [5.74, 6) is 0.286. The third-order valence-corrected chi connectivity index (χ3v) is 8.24. The Balaban J connectivity index is 1.31. The van der Waals surface area contributed by atoms with Crippen molar-refractivity contribution < 1.29 is 18.3 Å². The number of rotatable bonds is 10. The van der Waals surface area contributed by atoms with Crippen LogP contribution >= 0.6 is 0 Å². The number of carbonyl (C=O) groups is 1. The van der Waals surface area contributed by atoms with Gasteiger partial charge < -0.3 is 20.3 Å². The molecule has 212 valence electrons. The Morgan fingerprint density at radius 1 is 1.13 bits per heavy atom. The maximum atomic E-state index is 15.0. The van der Waals surface area contributed by atoms with E-state index in [9.17, 15) is 9.18 Å². The second kappa shape index (κ2) is 12.9. The summed E-state index contributed by atoms with van der Waals surface area (Å²) < 4.78 is 35.7. The van der Waals surface area contributed by atoms with E-state index in [1.807, 2.05) is 13.8 Å². The van der Waals surface area contributed by atoms with Crippen LogP contribution < -0.4 is 10.5 Å². The zero-order valence-electron chi connectivity index (χ0n) is 23.2. The molecule has 3 heterocycles. The monoisotopic (exact) mass is 541 g/mol. The fourth-order valence-electron chi connectivity index (χ4n) is 5.48. The second-order valence-electron chi connectivity index (χ2n) is 10.9. The van der Waals surface area contributed by atoms with Gasteiger partial charge in [0.1, 0.15) is 11.5 Å². The zero-order chi connectivity index (χ0) is 28.0. The van der Waals surface area contributed by atoms with E-state index in [2.05, 4.69) is 21.4 Å². The number of hydrogen-bond donors (Lipinski definition) is 1. The molecule has 1 amide bonds. The number of halogens is 2. The molecule has 7 nitrogen and oxygen atoms in total. The van der Waals surface area contributed by atoms with E-state index in [4.69, 9.17) is 10.5 Å². The topological polar surface area (TPSA) is 84.6 Å². The minimum absolute atomic E-state index is 0.000469. The highest BCUT2D eigenvalue weighted by Gasteiger charge is 2.31. The molecule has 2 saturated heterocycles. The summed E-state index contributed by atoms with van der Waals surface area (Å²) in [5.41, 5.74) is 5.70. The van der Waals surface area contributed by atoms with Gasteiger partial charge >= 0.3 is 0 Å². The molecule has 39 heavy (non-hydrogen) atoms. The lowest BCUT2D eigenvalue weighted by atomic mass is 9.94. The third kappa shape index (κ3) is 7.12. The molecular weight excluding hydrogens is 500 g/mol. The lowest BCUT2D eigenvalue weighted by Gasteiger charge is -2.36. The molecule has 2 aliphatic rings. The Bertz CT molecular complexity index is 1130. The molecule has 0 aliphatic carbocycles. The van der Waals surface area contributed by atoms with Gasteiger partial charge in [0.15, 0.2) is 11.6 Å². The summed E-state index contributed by atoms with van der Waals surface area (Å²) in [6.45, 7) is 11.0. The number of nitrogens with zero attached hydrogens (tertiary/aromatic N) is 4. The van der Waals surface area contributed by atoms with E-state index in [0.717, 1.165) is 45.2 Å². The summed E-state index contributed by atoms with van der Waals surface area (Å²) in [5, 5.41) is 0. The predicted octanol–water partition coefficient (Wildman–Crippen LogP) is 5.37. The smallest absolute Gasteiger partial charge is 0.257 e. The fourth-order valence-corrected chi connectivity index (χ4v) is 5.48. The van der Waals surface area contributed by atoms with Crippen molar-refractivity contribution in [1.82, 2.24) is 19.8 Å². The Morgan fingerprint density at radius 2 is 1.82 bits per heavy atom. The maximum absolute atomic E-state index is 15.0. The van der Waals surface area contributed by atoms with Crippen LogP contribution in [0.25, 0.3) is 11.4 Å². The number of likely N-dealkylation sites (tertiary alicyclic amines) is 2. The maximum Gasteiger partial charge on any atom is 0.257 e. The molecular formula is C30H41F2N5O2. The van der Waals surface area contributed by atoms with E-state index in [1.165, 1.54) is 12.1 Å². The van der Waals surface area contributed by atoms with Crippen molar-refractivity contribution in [2.75, 3.05) is 32.8 Å². The molecule has 1 aromatic carbocycles. The van der Waals surface area contributed by atoms with Crippen LogP contribution in [0.15, 0.2) is 42.9 Å². The van der Waals surface area contributed by atoms with Crippen molar-refractivity contribution in [2.24, 2.45) is 11.7 Å². The van der Waals surface area contributed by atoms with Gasteiger partial charge in [0.2, 0.25) is 0 Å². The highest BCUT2D eigenvalue weighted by molar-refractivity contribution is 5.95. The van der Waals surface area contributed by atoms with Gasteiger partial charge in [-0.25, -0.2) is 18.7 Å². The van der Waals surface area contributed by atoms with Crippen molar-refractivity contribution in [3.63, 3.8) is 0 Å². The number of benzene rings is 1. The Hall–Kier alpha value is -3.07. The van der Waals surface area contributed by atoms with Crippen LogP contribution in [0.2, 0.25) is 0 Å². The van der Waals surface area contributed by atoms with E-state index in [0.29, 0.717) is 61.3 Å². The number of hydrogen-bond acceptors (Lipinski definition) is 6. The molecule has 1 atom stereocenters. The highest BCUT2D eigenvalue weighted by atomic mass is 19.1. The standard InChI is InChI=1S/C30H41F2N5O2/c1-4-30(32,5-2)20-36-14-11-22(12-15-36)19-39-24-17-34-28(35-18-24)23-9-10-25(26(31)16-23)29(38)37-13-7-6-8-27(37)21(3)33/h9-10,16-18,22,27H,3-8,11-15,19-20,33H2,1-2H3. The number of alkyl halides is 1. The molecule has 0 bridgehead atoms. The molecule has 1 unspecified atom stereocenters. The number of amides is 1. The van der Waals surface area contributed by atoms with Crippen LogP contribution in [0, 0.1) is 11.7 Å². The molecule has 4 rings (SSSR count). The van der Waals surface area contributed by atoms with Gasteiger partial charge in [0.25, 0.3) is 5.91 Å². The van der Waals surface area contributed by atoms with E-state index in [1.54, 1.807) is 23.4 Å². The number of carbonyl (C=O) groups excluding carboxylic acids is 1. The van der Waals surface area contributed by atoms with Gasteiger partial charge in [-0.3, -0.25) is 4.79 Å². The van der Waals surface area contributed by atoms with Crippen molar-refractivity contribution in [3.8, 4) is 17.1 Å². The predicted molar refractivity (Wildman–Crippen MR) is 149 cm³/mol. The number of aromatic nitrogens is 2. The highest BCUT2D eigenvalue weighted by Crippen LogP contribution is 2.27. The minimum atomic E-state index is -1.10. The van der Waals surface area contributed by atoms with E-state index in [-0.39, 0.29) is 17.5 Å². The van der Waals surface area contributed by atoms with Gasteiger partial charge in [-0.2, -0.15) is 0 Å². The van der Waals surface area contributed by atoms with E-state index >= 15 is 4.39 Å². The van der Waals surface area contributed by atoms with Crippen LogP contribution in [0.1, 0.15) is 69.2 Å². The molecule has 2 N–H and O–H groups in total. The first-order valence-electron chi connectivity index (χ1n) is 14.1. The third-order valence-electron chi connectivity index (χ3n) is 8.24. The molecule has 2 fully saturated rings. The van der Waals surface area contributed by atoms with Crippen molar-refractivity contribution >= 4 is 5.91 Å². The quantitative estimate of drug-likeness (QED) is 0.436. The molecule has 2 aromatic rings. The van der Waals surface area contributed by atoms with Crippen LogP contribution in [-0.2, 0) is 0 Å². The van der Waals surface area contributed by atoms with Crippen molar-refractivity contribution in [2.45, 2.75) is 70.5 Å². The van der Waals surface area contributed by atoms with Crippen molar-refractivity contribution in [3.05, 3.63) is 54.2 Å². The minimum Gasteiger partial charge on any atom is -0.490 e. The lowest BCUT2D eigenvalue weighted by Crippen LogP contribution is -2.46. The van der Waals surface area contributed by atoms with Gasteiger partial charge in [-0.05, 0) is 76.1 Å². The molecule has 1 aromatic heterocycles. The molecule has 0 spiro atoms. The van der Waals surface area contributed by atoms with Crippen LogP contribution in [0.4, 0.5) is 8.78 Å². The van der Waals surface area contributed by atoms with Gasteiger partial charge in [-0.15, -0.1) is 0 Å². The largest absolute Gasteiger partial charge is 0.490 e. The summed E-state index contributed by atoms with van der Waals surface area (Å²) >= 11 is 0. The molecule has 9 heteroatoms. The van der Waals surface area contributed by atoms with Crippen LogP contribution in [0.3, 0.4) is 0 Å². The van der Waals surface area contributed by atoms with Gasteiger partial charge in [0, 0.05) is 24.4 Å². The first-order valence-corrected chi connectivity index (χ1v) is 14.1. The average molecular weight is 542 g/mol. The van der Waals surface area contributed by atoms with Crippen molar-refractivity contribution in [1.29, 1.82) is 0 Å². The Labute approximate surface area is 230 Å². The summed E-state index contributed by atoms with van der Waals surface area (Å²) in [6, 6.07) is 4.15. The molecule has 0 saturated carbocycles. The van der Waals surface area contributed by atoms with Gasteiger partial charge in [0.05, 0.1) is 30.6 Å². The number of piperidine rings is 2. The van der Waals surface area contributed by atoms with Gasteiger partial charge in [-0.1, -0.05) is 26.5 Å². The Kier molecular flexibility index (Phi) is 9.53. The summed E-state index contributed by atoms with van der Waals surface area (Å²) in [6.07, 6.45) is 8.73. The Morgan fingerprint density at radius 3 is 2.44 bits per heavy atom. The van der Waals surface area contributed by atoms with Crippen LogP contribution in [0.5, 0.6) is 5.75 Å². The SMILES string of the molecule is C=C(N)C1CCCCN1C(=O)c1ccc(-c2ncc(OCC3CCN(CC(F)(CC)CC)CC3)cn2)cc1F.